The summed E-state index contributed by atoms with van der Waals surface area (Å²) in [6.45, 7) is 0. The van der Waals surface area contributed by atoms with Crippen molar-refractivity contribution in [2.75, 3.05) is 4.72 Å². The van der Waals surface area contributed by atoms with E-state index in [1.165, 1.54) is 10.3 Å². The molecule has 2 aromatic carbocycles. The number of benzene rings is 2. The van der Waals surface area contributed by atoms with Crippen molar-refractivity contribution < 1.29 is 0 Å². The molecule has 1 N–H and O–H groups in total. The number of aromatic nitrogens is 1. The zero-order valence-electron chi connectivity index (χ0n) is 9.71. The van der Waals surface area contributed by atoms with E-state index in [1.54, 1.807) is 11.9 Å². The van der Waals surface area contributed by atoms with E-state index >= 15 is 0 Å². The summed E-state index contributed by atoms with van der Waals surface area (Å²) < 4.78 is 3.35. The van der Waals surface area contributed by atoms with Gasteiger partial charge < -0.3 is 4.72 Å². The van der Waals surface area contributed by atoms with Gasteiger partial charge in [0.1, 0.15) is 0 Å². The largest absolute Gasteiger partial charge is 0.326 e. The maximum absolute atomic E-state index is 4.14. The maximum atomic E-state index is 4.14. The van der Waals surface area contributed by atoms with Crippen LogP contribution in [-0.4, -0.2) is 4.98 Å². The molecule has 0 fully saturated rings. The minimum Gasteiger partial charge on any atom is -0.326 e. The van der Waals surface area contributed by atoms with Gasteiger partial charge >= 0.3 is 0 Å². The molecule has 0 aliphatic rings. The fourth-order valence-electron chi connectivity index (χ4n) is 1.80. The fraction of sp³-hybridized carbons (Fsp3) is 0. The zero-order valence-corrected chi connectivity index (χ0v) is 10.5. The number of nitrogens with zero attached hydrogens (tertiary/aromatic N) is 1. The minimum atomic E-state index is 1.11. The molecule has 88 valence electrons. The summed E-state index contributed by atoms with van der Waals surface area (Å²) in [5.41, 5.74) is 1.11. The van der Waals surface area contributed by atoms with Crippen LogP contribution >= 0.6 is 11.9 Å². The first kappa shape index (κ1) is 11.1. The van der Waals surface area contributed by atoms with Crippen molar-refractivity contribution in [1.29, 1.82) is 0 Å². The molecule has 18 heavy (non-hydrogen) atoms. The molecule has 0 saturated carbocycles. The third-order valence-corrected chi connectivity index (χ3v) is 3.61. The quantitative estimate of drug-likeness (QED) is 0.701. The van der Waals surface area contributed by atoms with Gasteiger partial charge in [-0.1, -0.05) is 30.3 Å². The van der Waals surface area contributed by atoms with Crippen LogP contribution in [0.1, 0.15) is 0 Å². The van der Waals surface area contributed by atoms with E-state index in [1.807, 2.05) is 36.7 Å². The summed E-state index contributed by atoms with van der Waals surface area (Å²) in [6, 6.07) is 18.5. The summed E-state index contributed by atoms with van der Waals surface area (Å²) in [5.74, 6) is 0. The van der Waals surface area contributed by atoms with Gasteiger partial charge in [0.15, 0.2) is 0 Å². The maximum Gasteiger partial charge on any atom is 0.0443 e. The van der Waals surface area contributed by atoms with Gasteiger partial charge in [-0.25, -0.2) is 0 Å². The lowest BCUT2D eigenvalue weighted by atomic mass is 10.2. The van der Waals surface area contributed by atoms with Gasteiger partial charge in [-0.3, -0.25) is 4.98 Å². The number of rotatable bonds is 3. The number of nitrogens with one attached hydrogen (secondary N) is 1. The summed E-state index contributed by atoms with van der Waals surface area (Å²) in [4.78, 5) is 5.35. The van der Waals surface area contributed by atoms with Gasteiger partial charge in [0, 0.05) is 33.7 Å². The van der Waals surface area contributed by atoms with E-state index in [0.717, 1.165) is 11.1 Å². The summed E-state index contributed by atoms with van der Waals surface area (Å²) in [5, 5.41) is 2.39. The predicted molar refractivity (Wildman–Crippen MR) is 77.7 cm³/mol. The molecule has 0 unspecified atom stereocenters. The lowest BCUT2D eigenvalue weighted by Gasteiger charge is -2.07. The molecule has 0 radical (unpaired) electrons. The molecule has 0 amide bonds. The highest BCUT2D eigenvalue weighted by Gasteiger charge is 2.01. The second kappa shape index (κ2) is 5.10. The molecular formula is C15H12N2S. The molecule has 0 spiro atoms. The van der Waals surface area contributed by atoms with Gasteiger partial charge in [-0.2, -0.15) is 0 Å². The monoisotopic (exact) mass is 252 g/mol. The molecule has 0 aliphatic carbocycles. The lowest BCUT2D eigenvalue weighted by molar-refractivity contribution is 1.35. The van der Waals surface area contributed by atoms with Crippen LogP contribution in [0.5, 0.6) is 0 Å². The van der Waals surface area contributed by atoms with E-state index in [2.05, 4.69) is 40.0 Å². The predicted octanol–water partition coefficient (Wildman–Crippen LogP) is 4.35. The van der Waals surface area contributed by atoms with Crippen molar-refractivity contribution in [1.82, 2.24) is 4.98 Å². The van der Waals surface area contributed by atoms with Gasteiger partial charge in [-0.15, -0.1) is 0 Å². The molecule has 3 aromatic rings. The number of fused-ring (bicyclic) bond motifs is 1. The van der Waals surface area contributed by atoms with E-state index < -0.39 is 0 Å². The van der Waals surface area contributed by atoms with Crippen molar-refractivity contribution in [2.45, 2.75) is 4.90 Å². The number of anilines is 1. The molecule has 0 saturated heterocycles. The Bertz CT molecular complexity index is 647. The smallest absolute Gasteiger partial charge is 0.0443 e. The van der Waals surface area contributed by atoms with Crippen molar-refractivity contribution in [2.24, 2.45) is 0 Å². The van der Waals surface area contributed by atoms with Crippen LogP contribution in [0.4, 0.5) is 5.69 Å². The van der Waals surface area contributed by atoms with Gasteiger partial charge in [-0.05, 0) is 36.2 Å². The van der Waals surface area contributed by atoms with Crippen LogP contribution in [0.15, 0.2) is 71.9 Å². The fourth-order valence-corrected chi connectivity index (χ4v) is 2.61. The van der Waals surface area contributed by atoms with Crippen LogP contribution in [-0.2, 0) is 0 Å². The third kappa shape index (κ3) is 2.31. The molecule has 0 atom stereocenters. The molecule has 3 rings (SSSR count). The Labute approximate surface area is 110 Å². The standard InChI is InChI=1S/C15H12N2S/c1-2-6-13(7-3-1)17-18-15-8-4-5-12-11-16-10-9-14(12)15/h1-11,17H. The highest BCUT2D eigenvalue weighted by atomic mass is 32.2. The second-order valence-electron chi connectivity index (χ2n) is 3.92. The third-order valence-electron chi connectivity index (χ3n) is 2.69. The van der Waals surface area contributed by atoms with Crippen molar-refractivity contribution in [3.05, 3.63) is 67.0 Å². The minimum absolute atomic E-state index is 1.11. The topological polar surface area (TPSA) is 24.9 Å². The Kier molecular flexibility index (Phi) is 3.15. The number of pyridine rings is 1. The van der Waals surface area contributed by atoms with E-state index in [0.29, 0.717) is 0 Å². The molecule has 1 heterocycles. The lowest BCUT2D eigenvalue weighted by Crippen LogP contribution is -1.87. The first-order valence-corrected chi connectivity index (χ1v) is 6.56. The highest BCUT2D eigenvalue weighted by molar-refractivity contribution is 8.00. The Morgan fingerprint density at radius 3 is 2.67 bits per heavy atom. The average Bonchev–Trinajstić information content (AvgIpc) is 2.46. The summed E-state index contributed by atoms with van der Waals surface area (Å²) in [7, 11) is 0. The van der Waals surface area contributed by atoms with Crippen molar-refractivity contribution >= 4 is 28.4 Å². The first-order chi connectivity index (χ1) is 8.93. The van der Waals surface area contributed by atoms with E-state index in [-0.39, 0.29) is 0 Å². The van der Waals surface area contributed by atoms with Crippen LogP contribution in [0.25, 0.3) is 10.8 Å². The Morgan fingerprint density at radius 2 is 1.78 bits per heavy atom. The van der Waals surface area contributed by atoms with E-state index in [9.17, 15) is 0 Å². The van der Waals surface area contributed by atoms with Crippen LogP contribution in [0.2, 0.25) is 0 Å². The Balaban J connectivity index is 1.87. The molecule has 0 bridgehead atoms. The highest BCUT2D eigenvalue weighted by Crippen LogP contribution is 2.28. The molecule has 3 heteroatoms. The SMILES string of the molecule is c1ccc(NSc2cccc3cnccc23)cc1. The molecular weight excluding hydrogens is 240 g/mol. The van der Waals surface area contributed by atoms with Gasteiger partial charge in [0.2, 0.25) is 0 Å². The van der Waals surface area contributed by atoms with Gasteiger partial charge in [0.05, 0.1) is 0 Å². The summed E-state index contributed by atoms with van der Waals surface area (Å²) in [6.07, 6.45) is 3.72. The average molecular weight is 252 g/mol. The molecule has 1 aromatic heterocycles. The Hall–Kier alpha value is -2.00. The van der Waals surface area contributed by atoms with E-state index in [4.69, 9.17) is 0 Å². The van der Waals surface area contributed by atoms with Gasteiger partial charge in [0.25, 0.3) is 0 Å². The second-order valence-corrected chi connectivity index (χ2v) is 4.77. The van der Waals surface area contributed by atoms with Crippen molar-refractivity contribution in [3.63, 3.8) is 0 Å². The van der Waals surface area contributed by atoms with Crippen LogP contribution in [0.3, 0.4) is 0 Å². The normalized spacial score (nSPS) is 10.4. The number of hydrogen-bond donors (Lipinski definition) is 1. The first-order valence-electron chi connectivity index (χ1n) is 5.74. The Morgan fingerprint density at radius 1 is 0.889 bits per heavy atom. The molecule has 2 nitrogen and oxygen atoms in total. The number of para-hydroxylation sites is 1. The number of hydrogen-bond acceptors (Lipinski definition) is 3. The van der Waals surface area contributed by atoms with Crippen LogP contribution in [0, 0.1) is 0 Å². The summed E-state index contributed by atoms with van der Waals surface area (Å²) >= 11 is 1.63. The molecule has 0 aliphatic heterocycles. The zero-order chi connectivity index (χ0) is 12.2. The van der Waals surface area contributed by atoms with Crippen LogP contribution < -0.4 is 4.72 Å². The van der Waals surface area contributed by atoms with Crippen molar-refractivity contribution in [3.8, 4) is 0 Å².